The molecule has 1 aliphatic rings. The molecule has 0 bridgehead atoms. The maximum absolute atomic E-state index is 12.8. The van der Waals surface area contributed by atoms with Gasteiger partial charge in [-0.2, -0.15) is 9.78 Å². The van der Waals surface area contributed by atoms with Crippen molar-refractivity contribution in [2.45, 2.75) is 13.8 Å². The first-order valence-corrected chi connectivity index (χ1v) is 9.92. The zero-order valence-electron chi connectivity index (χ0n) is 14.9. The van der Waals surface area contributed by atoms with Crippen LogP contribution in [0.5, 0.6) is 11.5 Å². The molecule has 8 nitrogen and oxygen atoms in total. The summed E-state index contributed by atoms with van der Waals surface area (Å²) in [6.45, 7) is 3.87. The van der Waals surface area contributed by atoms with E-state index in [1.807, 2.05) is 0 Å². The first-order chi connectivity index (χ1) is 13.5. The fourth-order valence-electron chi connectivity index (χ4n) is 2.74. The molecule has 0 aliphatic carbocycles. The summed E-state index contributed by atoms with van der Waals surface area (Å²) in [5.41, 5.74) is 0.901. The number of nitrogens with zero attached hydrogens (tertiary/aromatic N) is 3. The summed E-state index contributed by atoms with van der Waals surface area (Å²) in [4.78, 5) is 30.0. The van der Waals surface area contributed by atoms with E-state index in [9.17, 15) is 9.59 Å². The quantitative estimate of drug-likeness (QED) is 0.435. The van der Waals surface area contributed by atoms with E-state index in [2.05, 4.69) is 26.0 Å². The van der Waals surface area contributed by atoms with Crippen LogP contribution in [0.1, 0.15) is 27.7 Å². The highest BCUT2D eigenvalue weighted by atomic mass is 79.9. The number of hydrogen-bond donors (Lipinski definition) is 0. The maximum atomic E-state index is 12.8. The Morgan fingerprint density at radius 2 is 2.18 bits per heavy atom. The molecule has 0 spiro atoms. The van der Waals surface area contributed by atoms with Crippen LogP contribution in [0.15, 0.2) is 32.8 Å². The molecule has 0 amide bonds. The number of thiophene rings is 1. The second-order valence-electron chi connectivity index (χ2n) is 5.82. The summed E-state index contributed by atoms with van der Waals surface area (Å²) in [7, 11) is 0. The molecule has 2 aromatic heterocycles. The fourth-order valence-corrected chi connectivity index (χ4v) is 4.20. The van der Waals surface area contributed by atoms with Gasteiger partial charge < -0.3 is 14.2 Å². The molecule has 0 radical (unpaired) electrons. The zero-order valence-corrected chi connectivity index (χ0v) is 17.3. The first kappa shape index (κ1) is 18.6. The van der Waals surface area contributed by atoms with Gasteiger partial charge in [0.05, 0.1) is 18.2 Å². The highest BCUT2D eigenvalue weighted by molar-refractivity contribution is 9.10. The van der Waals surface area contributed by atoms with Gasteiger partial charge in [-0.15, -0.1) is 11.3 Å². The van der Waals surface area contributed by atoms with Gasteiger partial charge in [-0.1, -0.05) is 0 Å². The van der Waals surface area contributed by atoms with Crippen LogP contribution < -0.4 is 15.0 Å². The van der Waals surface area contributed by atoms with E-state index in [0.29, 0.717) is 37.7 Å². The van der Waals surface area contributed by atoms with Gasteiger partial charge in [-0.3, -0.25) is 4.79 Å². The average Bonchev–Trinajstić information content (AvgIpc) is 3.25. The van der Waals surface area contributed by atoms with E-state index in [1.165, 1.54) is 12.5 Å². The Labute approximate surface area is 171 Å². The number of ether oxygens (including phenoxy) is 3. The molecule has 0 saturated heterocycles. The van der Waals surface area contributed by atoms with Crippen LogP contribution in [0.25, 0.3) is 10.2 Å². The lowest BCUT2D eigenvalue weighted by Crippen LogP contribution is -2.17. The molecule has 28 heavy (non-hydrogen) atoms. The lowest BCUT2D eigenvalue weighted by Gasteiger charge is -2.02. The summed E-state index contributed by atoms with van der Waals surface area (Å²) in [6.07, 6.45) is 2.85. The molecule has 3 aromatic rings. The number of carbonyl (C=O) groups excluding carboxylic acids is 1. The number of hydrogen-bond acceptors (Lipinski definition) is 8. The Hall–Kier alpha value is -2.72. The summed E-state index contributed by atoms with van der Waals surface area (Å²) < 4.78 is 17.6. The second-order valence-corrected chi connectivity index (χ2v) is 7.68. The summed E-state index contributed by atoms with van der Waals surface area (Å²) in [5.74, 6) is 0.796. The molecule has 0 fully saturated rings. The third-order valence-corrected chi connectivity index (χ3v) is 5.98. The van der Waals surface area contributed by atoms with Crippen LogP contribution in [0.3, 0.4) is 0 Å². The zero-order chi connectivity index (χ0) is 19.8. The van der Waals surface area contributed by atoms with Gasteiger partial charge in [0.2, 0.25) is 6.79 Å². The number of aromatic nitrogens is 2. The summed E-state index contributed by atoms with van der Waals surface area (Å²) >= 11 is 4.58. The average molecular weight is 464 g/mol. The van der Waals surface area contributed by atoms with Gasteiger partial charge in [-0.25, -0.2) is 9.78 Å². The standard InChI is InChI=1S/C18H14BrN3O5S/c1-3-25-18(24)15-9(2)14-16(28-15)20-7-22(17(14)23)21-6-10-4-12-13(5-11(10)19)27-8-26-12/h4-7H,3,8H2,1-2H3/b21-6-. The number of carbonyl (C=O) groups is 1. The van der Waals surface area contributed by atoms with Gasteiger partial charge in [-0.05, 0) is 47.5 Å². The Bertz CT molecular complexity index is 1180. The molecular formula is C18H14BrN3O5S. The van der Waals surface area contributed by atoms with Crippen molar-refractivity contribution >= 4 is 49.7 Å². The lowest BCUT2D eigenvalue weighted by molar-refractivity contribution is 0.0531. The third kappa shape index (κ3) is 3.18. The highest BCUT2D eigenvalue weighted by Gasteiger charge is 2.20. The van der Waals surface area contributed by atoms with E-state index in [4.69, 9.17) is 14.2 Å². The predicted molar refractivity (Wildman–Crippen MR) is 108 cm³/mol. The molecule has 0 unspecified atom stereocenters. The molecule has 4 rings (SSSR count). The summed E-state index contributed by atoms with van der Waals surface area (Å²) in [6, 6.07) is 3.55. The van der Waals surface area contributed by atoms with Gasteiger partial charge in [0.15, 0.2) is 11.5 Å². The van der Waals surface area contributed by atoms with Crippen LogP contribution in [0, 0.1) is 6.92 Å². The lowest BCUT2D eigenvalue weighted by atomic mass is 10.2. The van der Waals surface area contributed by atoms with Crippen LogP contribution in [0.4, 0.5) is 0 Å². The van der Waals surface area contributed by atoms with Gasteiger partial charge >= 0.3 is 5.97 Å². The number of halogens is 1. The summed E-state index contributed by atoms with van der Waals surface area (Å²) in [5, 5.41) is 4.58. The van der Waals surface area contributed by atoms with Crippen LogP contribution >= 0.6 is 27.3 Å². The molecule has 144 valence electrons. The predicted octanol–water partition coefficient (Wildman–Crippen LogP) is 3.32. The molecule has 0 saturated carbocycles. The Morgan fingerprint density at radius 1 is 1.43 bits per heavy atom. The molecule has 10 heteroatoms. The number of aryl methyl sites for hydroxylation is 1. The largest absolute Gasteiger partial charge is 0.462 e. The fraction of sp³-hybridized carbons (Fsp3) is 0.222. The van der Waals surface area contributed by atoms with E-state index in [1.54, 1.807) is 26.0 Å². The number of rotatable bonds is 4. The van der Waals surface area contributed by atoms with Crippen molar-refractivity contribution in [2.75, 3.05) is 13.4 Å². The monoisotopic (exact) mass is 463 g/mol. The normalized spacial score (nSPS) is 12.8. The van der Waals surface area contributed by atoms with Crippen LogP contribution in [-0.2, 0) is 4.74 Å². The minimum Gasteiger partial charge on any atom is -0.462 e. The third-order valence-electron chi connectivity index (χ3n) is 4.11. The van der Waals surface area contributed by atoms with Crippen molar-refractivity contribution in [3.05, 3.63) is 49.3 Å². The van der Waals surface area contributed by atoms with Gasteiger partial charge in [0.25, 0.3) is 5.56 Å². The molecule has 0 atom stereocenters. The highest BCUT2D eigenvalue weighted by Crippen LogP contribution is 2.36. The van der Waals surface area contributed by atoms with Gasteiger partial charge in [0.1, 0.15) is 16.0 Å². The van der Waals surface area contributed by atoms with Crippen molar-refractivity contribution in [1.29, 1.82) is 0 Å². The Morgan fingerprint density at radius 3 is 2.93 bits per heavy atom. The topological polar surface area (TPSA) is 92.0 Å². The van der Waals surface area contributed by atoms with Crippen LogP contribution in [0.2, 0.25) is 0 Å². The van der Waals surface area contributed by atoms with Gasteiger partial charge in [0, 0.05) is 10.0 Å². The Balaban J connectivity index is 1.73. The molecule has 0 N–H and O–H groups in total. The smallest absolute Gasteiger partial charge is 0.348 e. The number of fused-ring (bicyclic) bond motifs is 2. The number of esters is 1. The van der Waals surface area contributed by atoms with Crippen molar-refractivity contribution in [1.82, 2.24) is 9.66 Å². The van der Waals surface area contributed by atoms with E-state index >= 15 is 0 Å². The van der Waals surface area contributed by atoms with E-state index in [-0.39, 0.29) is 19.0 Å². The van der Waals surface area contributed by atoms with E-state index in [0.717, 1.165) is 20.5 Å². The molecule has 1 aromatic carbocycles. The minimum absolute atomic E-state index is 0.169. The van der Waals surface area contributed by atoms with Crippen LogP contribution in [-0.4, -0.2) is 35.2 Å². The van der Waals surface area contributed by atoms with Crippen molar-refractivity contribution in [3.8, 4) is 11.5 Å². The van der Waals surface area contributed by atoms with Crippen molar-refractivity contribution < 1.29 is 19.0 Å². The maximum Gasteiger partial charge on any atom is 0.348 e. The van der Waals surface area contributed by atoms with E-state index < -0.39 is 5.97 Å². The first-order valence-electron chi connectivity index (χ1n) is 8.31. The van der Waals surface area contributed by atoms with Crippen molar-refractivity contribution in [2.24, 2.45) is 5.10 Å². The Kier molecular flexibility index (Phi) is 4.90. The molecular weight excluding hydrogens is 450 g/mol. The minimum atomic E-state index is -0.457. The SMILES string of the molecule is CCOC(=O)c1sc2ncn(/N=C\c3cc4c(cc3Br)OCO4)c(=O)c2c1C. The molecule has 3 heterocycles. The second kappa shape index (κ2) is 7.36. The number of benzene rings is 1. The molecule has 1 aliphatic heterocycles. The van der Waals surface area contributed by atoms with Crippen molar-refractivity contribution in [3.63, 3.8) is 0 Å².